The number of carbonyl (C=O) groups excluding carboxylic acids is 1. The summed E-state index contributed by atoms with van der Waals surface area (Å²) in [5.41, 5.74) is -0.369. The SMILES string of the molecule is CCCC(=O)OC(C)(C)CBr. The van der Waals surface area contributed by atoms with Crippen molar-refractivity contribution in [3.8, 4) is 0 Å². The highest BCUT2D eigenvalue weighted by molar-refractivity contribution is 9.09. The molecule has 0 aliphatic carbocycles. The Labute approximate surface area is 76.4 Å². The minimum atomic E-state index is -0.369. The van der Waals surface area contributed by atoms with E-state index in [-0.39, 0.29) is 11.6 Å². The summed E-state index contributed by atoms with van der Waals surface area (Å²) in [5.74, 6) is -0.114. The Morgan fingerprint density at radius 3 is 2.45 bits per heavy atom. The summed E-state index contributed by atoms with van der Waals surface area (Å²) in [6.07, 6.45) is 1.35. The van der Waals surface area contributed by atoms with Gasteiger partial charge in [-0.2, -0.15) is 0 Å². The molecule has 0 aliphatic heterocycles. The molecule has 3 heteroatoms. The molecule has 11 heavy (non-hydrogen) atoms. The van der Waals surface area contributed by atoms with Crippen LogP contribution in [0.3, 0.4) is 0 Å². The van der Waals surface area contributed by atoms with Gasteiger partial charge in [-0.3, -0.25) is 4.79 Å². The lowest BCUT2D eigenvalue weighted by atomic mass is 10.2. The van der Waals surface area contributed by atoms with Crippen molar-refractivity contribution in [1.29, 1.82) is 0 Å². The molecular formula is C8H15BrO2. The number of ether oxygens (including phenoxy) is 1. The van der Waals surface area contributed by atoms with Crippen LogP contribution in [-0.2, 0) is 9.53 Å². The molecule has 0 heterocycles. The molecule has 0 rings (SSSR count). The molecular weight excluding hydrogens is 208 g/mol. The zero-order chi connectivity index (χ0) is 8.91. The number of rotatable bonds is 4. The molecule has 0 aliphatic rings. The van der Waals surface area contributed by atoms with Gasteiger partial charge in [-0.15, -0.1) is 0 Å². The molecule has 0 amide bonds. The second-order valence-corrected chi connectivity index (χ2v) is 3.68. The molecule has 0 atom stereocenters. The maximum absolute atomic E-state index is 11.0. The van der Waals surface area contributed by atoms with Gasteiger partial charge < -0.3 is 4.74 Å². The lowest BCUT2D eigenvalue weighted by molar-refractivity contribution is -0.154. The van der Waals surface area contributed by atoms with Crippen LogP contribution in [0.25, 0.3) is 0 Å². The van der Waals surface area contributed by atoms with Gasteiger partial charge in [0.15, 0.2) is 0 Å². The Hall–Kier alpha value is -0.0500. The van der Waals surface area contributed by atoms with Gasteiger partial charge in [-0.1, -0.05) is 22.9 Å². The molecule has 66 valence electrons. The van der Waals surface area contributed by atoms with E-state index in [4.69, 9.17) is 4.74 Å². The highest BCUT2D eigenvalue weighted by Crippen LogP contribution is 2.13. The maximum Gasteiger partial charge on any atom is 0.306 e. The summed E-state index contributed by atoms with van der Waals surface area (Å²) in [6, 6.07) is 0. The highest BCUT2D eigenvalue weighted by Gasteiger charge is 2.20. The quantitative estimate of drug-likeness (QED) is 0.540. The third kappa shape index (κ3) is 5.24. The van der Waals surface area contributed by atoms with Crippen molar-refractivity contribution in [2.75, 3.05) is 5.33 Å². The average molecular weight is 223 g/mol. The van der Waals surface area contributed by atoms with Crippen LogP contribution in [0, 0.1) is 0 Å². The fourth-order valence-electron chi connectivity index (χ4n) is 0.591. The van der Waals surface area contributed by atoms with Gasteiger partial charge in [0.25, 0.3) is 0 Å². The third-order valence-corrected chi connectivity index (χ3v) is 2.52. The summed E-state index contributed by atoms with van der Waals surface area (Å²) in [4.78, 5) is 11.0. The van der Waals surface area contributed by atoms with E-state index in [2.05, 4.69) is 15.9 Å². The van der Waals surface area contributed by atoms with Crippen LogP contribution in [0.4, 0.5) is 0 Å². The Bertz CT molecular complexity index is 132. The van der Waals surface area contributed by atoms with Gasteiger partial charge in [0.1, 0.15) is 5.60 Å². The van der Waals surface area contributed by atoms with Gasteiger partial charge in [0.2, 0.25) is 0 Å². The van der Waals surface area contributed by atoms with E-state index >= 15 is 0 Å². The molecule has 0 radical (unpaired) electrons. The molecule has 0 spiro atoms. The van der Waals surface area contributed by atoms with E-state index < -0.39 is 0 Å². The van der Waals surface area contributed by atoms with E-state index in [1.54, 1.807) is 0 Å². The average Bonchev–Trinajstić information content (AvgIpc) is 1.87. The minimum Gasteiger partial charge on any atom is -0.459 e. The largest absolute Gasteiger partial charge is 0.459 e. The first-order valence-corrected chi connectivity index (χ1v) is 4.92. The second kappa shape index (κ2) is 4.75. The van der Waals surface area contributed by atoms with E-state index in [0.717, 1.165) is 6.42 Å². The summed E-state index contributed by atoms with van der Waals surface area (Å²) in [7, 11) is 0. The molecule has 0 aromatic carbocycles. The van der Waals surface area contributed by atoms with Crippen LogP contribution in [0.2, 0.25) is 0 Å². The smallest absolute Gasteiger partial charge is 0.306 e. The van der Waals surface area contributed by atoms with Crippen molar-refractivity contribution in [2.24, 2.45) is 0 Å². The number of hydrogen-bond donors (Lipinski definition) is 0. The Morgan fingerprint density at radius 2 is 2.09 bits per heavy atom. The van der Waals surface area contributed by atoms with Crippen LogP contribution in [0.1, 0.15) is 33.6 Å². The number of carbonyl (C=O) groups is 1. The lowest BCUT2D eigenvalue weighted by Crippen LogP contribution is -2.29. The maximum atomic E-state index is 11.0. The fourth-order valence-corrected chi connectivity index (χ4v) is 0.705. The number of esters is 1. The highest BCUT2D eigenvalue weighted by atomic mass is 79.9. The topological polar surface area (TPSA) is 26.3 Å². The van der Waals surface area contributed by atoms with Crippen LogP contribution >= 0.6 is 15.9 Å². The van der Waals surface area contributed by atoms with Crippen molar-refractivity contribution in [1.82, 2.24) is 0 Å². The summed E-state index contributed by atoms with van der Waals surface area (Å²) >= 11 is 3.27. The molecule has 0 saturated carbocycles. The van der Waals surface area contributed by atoms with Crippen LogP contribution < -0.4 is 0 Å². The number of halogens is 1. The second-order valence-electron chi connectivity index (χ2n) is 3.12. The molecule has 0 unspecified atom stereocenters. The van der Waals surface area contributed by atoms with Gasteiger partial charge in [0.05, 0.1) is 0 Å². The van der Waals surface area contributed by atoms with Crippen molar-refractivity contribution >= 4 is 21.9 Å². The Kier molecular flexibility index (Phi) is 4.73. The molecule has 2 nitrogen and oxygen atoms in total. The summed E-state index contributed by atoms with van der Waals surface area (Å²) in [5, 5.41) is 0.676. The standard InChI is InChI=1S/C8H15BrO2/c1-4-5-7(10)11-8(2,3)6-9/h4-6H2,1-3H3. The van der Waals surface area contributed by atoms with E-state index in [1.807, 2.05) is 20.8 Å². The molecule has 0 N–H and O–H groups in total. The molecule has 0 fully saturated rings. The number of alkyl halides is 1. The minimum absolute atomic E-state index is 0.114. The first-order chi connectivity index (χ1) is 5.02. The van der Waals surface area contributed by atoms with Crippen molar-refractivity contribution in [3.63, 3.8) is 0 Å². The number of hydrogen-bond acceptors (Lipinski definition) is 2. The first-order valence-electron chi connectivity index (χ1n) is 3.79. The molecule has 0 saturated heterocycles. The van der Waals surface area contributed by atoms with Crippen LogP contribution in [0.5, 0.6) is 0 Å². The van der Waals surface area contributed by atoms with Crippen molar-refractivity contribution < 1.29 is 9.53 Å². The summed E-state index contributed by atoms with van der Waals surface area (Å²) in [6.45, 7) is 5.73. The van der Waals surface area contributed by atoms with E-state index in [1.165, 1.54) is 0 Å². The lowest BCUT2D eigenvalue weighted by Gasteiger charge is -2.22. The van der Waals surface area contributed by atoms with Gasteiger partial charge >= 0.3 is 5.97 Å². The molecule has 0 bridgehead atoms. The predicted octanol–water partition coefficient (Wildman–Crippen LogP) is 2.50. The molecule has 0 aromatic rings. The van der Waals surface area contributed by atoms with Gasteiger partial charge in [-0.25, -0.2) is 0 Å². The Morgan fingerprint density at radius 1 is 1.55 bits per heavy atom. The summed E-state index contributed by atoms with van der Waals surface area (Å²) < 4.78 is 5.14. The van der Waals surface area contributed by atoms with Crippen molar-refractivity contribution in [2.45, 2.75) is 39.2 Å². The Balaban J connectivity index is 3.74. The van der Waals surface area contributed by atoms with E-state index in [0.29, 0.717) is 11.8 Å². The van der Waals surface area contributed by atoms with Crippen LogP contribution in [-0.4, -0.2) is 16.9 Å². The van der Waals surface area contributed by atoms with Crippen molar-refractivity contribution in [3.05, 3.63) is 0 Å². The van der Waals surface area contributed by atoms with E-state index in [9.17, 15) is 4.79 Å². The first kappa shape index (κ1) is 11.0. The fraction of sp³-hybridized carbons (Fsp3) is 0.875. The zero-order valence-corrected chi connectivity index (χ0v) is 8.90. The monoisotopic (exact) mass is 222 g/mol. The molecule has 0 aromatic heterocycles. The predicted molar refractivity (Wildman–Crippen MR) is 48.9 cm³/mol. The zero-order valence-electron chi connectivity index (χ0n) is 7.32. The normalized spacial score (nSPS) is 11.3. The van der Waals surface area contributed by atoms with Gasteiger partial charge in [0, 0.05) is 11.8 Å². The third-order valence-electron chi connectivity index (χ3n) is 1.17. The van der Waals surface area contributed by atoms with Crippen LogP contribution in [0.15, 0.2) is 0 Å². The van der Waals surface area contributed by atoms with Gasteiger partial charge in [-0.05, 0) is 20.3 Å².